The van der Waals surface area contributed by atoms with E-state index in [9.17, 15) is 0 Å². The minimum Gasteiger partial charge on any atom is -0.496 e. The normalized spacial score (nSPS) is 20.0. The van der Waals surface area contributed by atoms with Gasteiger partial charge >= 0.3 is 0 Å². The van der Waals surface area contributed by atoms with E-state index in [1.54, 1.807) is 7.11 Å². The molecule has 1 atom stereocenters. The van der Waals surface area contributed by atoms with Gasteiger partial charge in [-0.15, -0.1) is 12.4 Å². The highest BCUT2D eigenvalue weighted by molar-refractivity contribution is 6.30. The van der Waals surface area contributed by atoms with Gasteiger partial charge in [-0.2, -0.15) is 0 Å². The minimum absolute atomic E-state index is 0. The van der Waals surface area contributed by atoms with E-state index in [-0.39, 0.29) is 18.4 Å². The Labute approximate surface area is 106 Å². The van der Waals surface area contributed by atoms with Crippen LogP contribution in [0.3, 0.4) is 0 Å². The molecule has 0 radical (unpaired) electrons. The van der Waals surface area contributed by atoms with Gasteiger partial charge in [-0.1, -0.05) is 11.6 Å². The quantitative estimate of drug-likeness (QED) is 0.889. The van der Waals surface area contributed by atoms with Gasteiger partial charge in [0.05, 0.1) is 26.4 Å². The second-order valence-electron chi connectivity index (χ2n) is 3.47. The Balaban J connectivity index is 0.00000128. The molecule has 1 N–H and O–H groups in total. The molecule has 1 aliphatic rings. The molecule has 3 nitrogen and oxygen atoms in total. The van der Waals surface area contributed by atoms with Crippen molar-refractivity contribution in [2.45, 2.75) is 6.04 Å². The number of ether oxygens (including phenoxy) is 2. The lowest BCUT2D eigenvalue weighted by atomic mass is 10.1. The first-order valence-corrected chi connectivity index (χ1v) is 5.33. The van der Waals surface area contributed by atoms with Gasteiger partial charge in [-0.3, -0.25) is 0 Å². The number of hydrogen-bond acceptors (Lipinski definition) is 3. The number of nitrogens with one attached hydrogen (secondary N) is 1. The van der Waals surface area contributed by atoms with Crippen LogP contribution in [0.25, 0.3) is 0 Å². The van der Waals surface area contributed by atoms with Crippen molar-refractivity contribution in [2.75, 3.05) is 26.9 Å². The summed E-state index contributed by atoms with van der Waals surface area (Å²) in [5, 5.41) is 4.09. The van der Waals surface area contributed by atoms with Gasteiger partial charge in [0.15, 0.2) is 0 Å². The van der Waals surface area contributed by atoms with Crippen LogP contribution in [-0.2, 0) is 4.74 Å². The van der Waals surface area contributed by atoms with Crippen molar-refractivity contribution in [2.24, 2.45) is 0 Å². The number of methoxy groups -OCH3 is 1. The molecule has 1 aromatic carbocycles. The predicted molar refractivity (Wildman–Crippen MR) is 66.8 cm³/mol. The highest BCUT2D eigenvalue weighted by Crippen LogP contribution is 2.29. The molecule has 0 saturated carbocycles. The molecule has 90 valence electrons. The molecule has 1 saturated heterocycles. The molecule has 0 bridgehead atoms. The van der Waals surface area contributed by atoms with E-state index in [0.717, 1.165) is 29.5 Å². The molecule has 0 amide bonds. The zero-order chi connectivity index (χ0) is 10.7. The van der Waals surface area contributed by atoms with Gasteiger partial charge in [0.2, 0.25) is 0 Å². The molecule has 0 spiro atoms. The van der Waals surface area contributed by atoms with Crippen LogP contribution in [0.2, 0.25) is 5.02 Å². The maximum atomic E-state index is 5.97. The second kappa shape index (κ2) is 6.30. The van der Waals surface area contributed by atoms with Crippen molar-refractivity contribution in [3.05, 3.63) is 28.8 Å². The van der Waals surface area contributed by atoms with Crippen molar-refractivity contribution in [3.8, 4) is 5.75 Å². The smallest absolute Gasteiger partial charge is 0.123 e. The fourth-order valence-corrected chi connectivity index (χ4v) is 1.92. The Hall–Kier alpha value is -0.480. The number of halogens is 2. The van der Waals surface area contributed by atoms with Crippen molar-refractivity contribution in [3.63, 3.8) is 0 Å². The summed E-state index contributed by atoms with van der Waals surface area (Å²) in [6, 6.07) is 5.81. The van der Waals surface area contributed by atoms with Crippen molar-refractivity contribution < 1.29 is 9.47 Å². The average molecular weight is 264 g/mol. The molecule has 1 fully saturated rings. The van der Waals surface area contributed by atoms with Crippen LogP contribution in [0.4, 0.5) is 0 Å². The molecule has 5 heteroatoms. The van der Waals surface area contributed by atoms with Gasteiger partial charge in [-0.25, -0.2) is 0 Å². The molecular formula is C11H15Cl2NO2. The van der Waals surface area contributed by atoms with Crippen LogP contribution in [-0.4, -0.2) is 26.9 Å². The molecule has 0 unspecified atom stereocenters. The lowest BCUT2D eigenvalue weighted by molar-refractivity contribution is 0.0760. The van der Waals surface area contributed by atoms with Gasteiger partial charge < -0.3 is 14.8 Å². The van der Waals surface area contributed by atoms with Gasteiger partial charge in [-0.05, 0) is 18.2 Å². The lowest BCUT2D eigenvalue weighted by Crippen LogP contribution is -2.34. The first kappa shape index (κ1) is 13.6. The summed E-state index contributed by atoms with van der Waals surface area (Å²) in [6.07, 6.45) is 0. The van der Waals surface area contributed by atoms with E-state index in [0.29, 0.717) is 6.61 Å². The Morgan fingerprint density at radius 3 is 2.94 bits per heavy atom. The Morgan fingerprint density at radius 1 is 1.50 bits per heavy atom. The maximum Gasteiger partial charge on any atom is 0.123 e. The molecular weight excluding hydrogens is 249 g/mol. The van der Waals surface area contributed by atoms with E-state index in [2.05, 4.69) is 5.32 Å². The maximum absolute atomic E-state index is 5.97. The molecule has 1 heterocycles. The van der Waals surface area contributed by atoms with Gasteiger partial charge in [0, 0.05) is 17.1 Å². The summed E-state index contributed by atoms with van der Waals surface area (Å²) in [7, 11) is 1.66. The zero-order valence-electron chi connectivity index (χ0n) is 9.03. The topological polar surface area (TPSA) is 30.5 Å². The molecule has 1 aliphatic heterocycles. The highest BCUT2D eigenvalue weighted by atomic mass is 35.5. The average Bonchev–Trinajstić information content (AvgIpc) is 2.30. The van der Waals surface area contributed by atoms with Crippen molar-refractivity contribution in [1.82, 2.24) is 5.32 Å². The van der Waals surface area contributed by atoms with Crippen LogP contribution in [0, 0.1) is 0 Å². The summed E-state index contributed by atoms with van der Waals surface area (Å²) in [6.45, 7) is 2.29. The summed E-state index contributed by atoms with van der Waals surface area (Å²) in [5.41, 5.74) is 1.06. The highest BCUT2D eigenvalue weighted by Gasteiger charge is 2.19. The predicted octanol–water partition coefficient (Wildman–Crippen LogP) is 2.43. The third-order valence-electron chi connectivity index (χ3n) is 2.49. The first-order chi connectivity index (χ1) is 7.31. The van der Waals surface area contributed by atoms with E-state index in [4.69, 9.17) is 21.1 Å². The third kappa shape index (κ3) is 3.01. The largest absolute Gasteiger partial charge is 0.496 e. The summed E-state index contributed by atoms with van der Waals surface area (Å²) in [5.74, 6) is 0.849. The van der Waals surface area contributed by atoms with Gasteiger partial charge in [0.25, 0.3) is 0 Å². The fraction of sp³-hybridized carbons (Fsp3) is 0.455. The fourth-order valence-electron chi connectivity index (χ4n) is 1.74. The lowest BCUT2D eigenvalue weighted by Gasteiger charge is -2.25. The molecule has 0 aromatic heterocycles. The molecule has 16 heavy (non-hydrogen) atoms. The van der Waals surface area contributed by atoms with Crippen LogP contribution >= 0.6 is 24.0 Å². The second-order valence-corrected chi connectivity index (χ2v) is 3.90. The van der Waals surface area contributed by atoms with Crippen LogP contribution in [0.1, 0.15) is 11.6 Å². The zero-order valence-corrected chi connectivity index (χ0v) is 10.6. The number of morpholine rings is 1. The van der Waals surface area contributed by atoms with Crippen LogP contribution in [0.15, 0.2) is 18.2 Å². The molecule has 1 aromatic rings. The van der Waals surface area contributed by atoms with Crippen molar-refractivity contribution >= 4 is 24.0 Å². The Bertz CT molecular complexity index is 341. The Kier molecular flexibility index (Phi) is 5.35. The first-order valence-electron chi connectivity index (χ1n) is 4.96. The van der Waals surface area contributed by atoms with E-state index in [1.807, 2.05) is 18.2 Å². The summed E-state index contributed by atoms with van der Waals surface area (Å²) in [4.78, 5) is 0. The van der Waals surface area contributed by atoms with E-state index < -0.39 is 0 Å². The number of rotatable bonds is 2. The third-order valence-corrected chi connectivity index (χ3v) is 2.72. The van der Waals surface area contributed by atoms with Crippen LogP contribution in [0.5, 0.6) is 5.75 Å². The van der Waals surface area contributed by atoms with Gasteiger partial charge in [0.1, 0.15) is 5.75 Å². The van der Waals surface area contributed by atoms with E-state index in [1.165, 1.54) is 0 Å². The summed E-state index contributed by atoms with van der Waals surface area (Å²) >= 11 is 5.97. The monoisotopic (exact) mass is 263 g/mol. The molecule has 0 aliphatic carbocycles. The summed E-state index contributed by atoms with van der Waals surface area (Å²) < 4.78 is 10.7. The standard InChI is InChI=1S/C11H14ClNO2.ClH/c1-14-11-3-2-8(12)6-9(11)10-7-15-5-4-13-10;/h2-3,6,10,13H,4-5,7H2,1H3;1H/t10-;/m0./s1. The number of hydrogen-bond donors (Lipinski definition) is 1. The Morgan fingerprint density at radius 2 is 2.31 bits per heavy atom. The van der Waals surface area contributed by atoms with E-state index >= 15 is 0 Å². The number of benzene rings is 1. The molecule has 2 rings (SSSR count). The SMILES string of the molecule is COc1ccc(Cl)cc1[C@@H]1COCCN1.Cl. The van der Waals surface area contributed by atoms with Crippen LogP contribution < -0.4 is 10.1 Å². The minimum atomic E-state index is 0. The van der Waals surface area contributed by atoms with Crippen molar-refractivity contribution in [1.29, 1.82) is 0 Å².